The van der Waals surface area contributed by atoms with Gasteiger partial charge in [0.05, 0.1) is 10.6 Å². The fourth-order valence-corrected chi connectivity index (χ4v) is 2.29. The summed E-state index contributed by atoms with van der Waals surface area (Å²) >= 11 is 0. The fourth-order valence-electron chi connectivity index (χ4n) is 2.29. The summed E-state index contributed by atoms with van der Waals surface area (Å²) in [7, 11) is 0. The number of rotatable bonds is 3. The number of nitrogens with zero attached hydrogens (tertiary/aromatic N) is 3. The van der Waals surface area contributed by atoms with E-state index in [0.717, 1.165) is 31.9 Å². The van der Waals surface area contributed by atoms with Crippen LogP contribution >= 0.6 is 0 Å². The Balaban J connectivity index is 2.22. The molecule has 0 unspecified atom stereocenters. The maximum Gasteiger partial charge on any atom is 0.278 e. The van der Waals surface area contributed by atoms with Crippen LogP contribution in [0.2, 0.25) is 0 Å². The second-order valence-electron chi connectivity index (χ2n) is 4.64. The van der Waals surface area contributed by atoms with Crippen molar-refractivity contribution in [2.75, 3.05) is 26.2 Å². The van der Waals surface area contributed by atoms with Gasteiger partial charge >= 0.3 is 0 Å². The van der Waals surface area contributed by atoms with E-state index in [1.807, 2.05) is 0 Å². The van der Waals surface area contributed by atoms with E-state index in [1.54, 1.807) is 20.0 Å². The van der Waals surface area contributed by atoms with Crippen LogP contribution in [0.5, 0.6) is 0 Å². The highest BCUT2D eigenvalue weighted by Gasteiger charge is 2.20. The topological polar surface area (TPSA) is 71.3 Å². The number of hydrogen-bond acceptors (Lipinski definition) is 5. The second-order valence-corrected chi connectivity index (χ2v) is 4.64. The van der Waals surface area contributed by atoms with Gasteiger partial charge < -0.3 is 5.32 Å². The molecule has 2 heterocycles. The quantitative estimate of drug-likeness (QED) is 0.640. The molecule has 1 aliphatic rings. The van der Waals surface area contributed by atoms with E-state index < -0.39 is 0 Å². The van der Waals surface area contributed by atoms with Crippen LogP contribution in [0.25, 0.3) is 0 Å². The molecule has 0 bridgehead atoms. The molecule has 0 atom stereocenters. The van der Waals surface area contributed by atoms with Gasteiger partial charge in [-0.3, -0.25) is 20.0 Å². The monoisotopic (exact) mass is 250 g/mol. The van der Waals surface area contributed by atoms with E-state index in [4.69, 9.17) is 0 Å². The van der Waals surface area contributed by atoms with Gasteiger partial charge in [0.25, 0.3) is 5.69 Å². The summed E-state index contributed by atoms with van der Waals surface area (Å²) in [5, 5.41) is 14.3. The van der Waals surface area contributed by atoms with Crippen molar-refractivity contribution in [2.45, 2.75) is 20.4 Å². The Morgan fingerprint density at radius 2 is 2.11 bits per heavy atom. The molecule has 1 fully saturated rings. The number of aromatic nitrogens is 1. The molecule has 2 rings (SSSR count). The highest BCUT2D eigenvalue weighted by Crippen LogP contribution is 2.24. The van der Waals surface area contributed by atoms with Crippen molar-refractivity contribution >= 4 is 5.69 Å². The average Bonchev–Trinajstić information content (AvgIpc) is 2.34. The molecule has 0 aromatic carbocycles. The lowest BCUT2D eigenvalue weighted by atomic mass is 10.1. The third-order valence-electron chi connectivity index (χ3n) is 3.34. The third kappa shape index (κ3) is 2.65. The van der Waals surface area contributed by atoms with E-state index in [-0.39, 0.29) is 10.6 Å². The van der Waals surface area contributed by atoms with Gasteiger partial charge in [0.2, 0.25) is 0 Å². The molecule has 1 N–H and O–H groups in total. The van der Waals surface area contributed by atoms with Crippen molar-refractivity contribution in [3.8, 4) is 0 Å². The molecule has 6 heteroatoms. The molecule has 0 amide bonds. The summed E-state index contributed by atoms with van der Waals surface area (Å²) in [6.07, 6.45) is 1.60. The SMILES string of the molecule is Cc1cnc(CN2CCNCC2)c(C)c1[N+](=O)[O-]. The first kappa shape index (κ1) is 12.9. The Hall–Kier alpha value is -1.53. The molecule has 6 nitrogen and oxygen atoms in total. The Kier molecular flexibility index (Phi) is 3.88. The maximum atomic E-state index is 11.0. The molecule has 18 heavy (non-hydrogen) atoms. The summed E-state index contributed by atoms with van der Waals surface area (Å²) in [4.78, 5) is 17.3. The van der Waals surface area contributed by atoms with Crippen LogP contribution in [0.1, 0.15) is 16.8 Å². The van der Waals surface area contributed by atoms with Gasteiger partial charge in [0.15, 0.2) is 0 Å². The minimum Gasteiger partial charge on any atom is -0.314 e. The maximum absolute atomic E-state index is 11.0. The van der Waals surface area contributed by atoms with Crippen LogP contribution in [0.15, 0.2) is 6.20 Å². The molecule has 1 aliphatic heterocycles. The third-order valence-corrected chi connectivity index (χ3v) is 3.34. The minimum absolute atomic E-state index is 0.204. The standard InChI is InChI=1S/C12H18N4O2/c1-9-7-14-11(10(2)12(9)16(17)18)8-15-5-3-13-4-6-15/h7,13H,3-6,8H2,1-2H3. The Morgan fingerprint density at radius 1 is 1.44 bits per heavy atom. The average molecular weight is 250 g/mol. The van der Waals surface area contributed by atoms with Gasteiger partial charge in [0, 0.05) is 50.0 Å². The molecule has 0 spiro atoms. The lowest BCUT2D eigenvalue weighted by Crippen LogP contribution is -2.43. The summed E-state index contributed by atoms with van der Waals surface area (Å²) in [6.45, 7) is 8.06. The van der Waals surface area contributed by atoms with Gasteiger partial charge in [-0.1, -0.05) is 0 Å². The zero-order valence-electron chi connectivity index (χ0n) is 10.8. The number of nitrogens with one attached hydrogen (secondary N) is 1. The van der Waals surface area contributed by atoms with Crippen LogP contribution in [0.4, 0.5) is 5.69 Å². The predicted molar refractivity (Wildman–Crippen MR) is 68.5 cm³/mol. The van der Waals surface area contributed by atoms with E-state index in [2.05, 4.69) is 15.2 Å². The van der Waals surface area contributed by atoms with Crippen LogP contribution in [0, 0.1) is 24.0 Å². The first-order valence-electron chi connectivity index (χ1n) is 6.12. The molecule has 1 saturated heterocycles. The van der Waals surface area contributed by atoms with E-state index >= 15 is 0 Å². The molecule has 1 aromatic heterocycles. The second kappa shape index (κ2) is 5.41. The minimum atomic E-state index is -0.312. The van der Waals surface area contributed by atoms with Crippen LogP contribution in [-0.2, 0) is 6.54 Å². The van der Waals surface area contributed by atoms with Gasteiger partial charge in [-0.15, -0.1) is 0 Å². The van der Waals surface area contributed by atoms with E-state index in [9.17, 15) is 10.1 Å². The van der Waals surface area contributed by atoms with Crippen LogP contribution in [-0.4, -0.2) is 41.0 Å². The molecule has 0 radical (unpaired) electrons. The zero-order valence-corrected chi connectivity index (χ0v) is 10.8. The van der Waals surface area contributed by atoms with Crippen molar-refractivity contribution in [2.24, 2.45) is 0 Å². The fraction of sp³-hybridized carbons (Fsp3) is 0.583. The Bertz CT molecular complexity index is 456. The lowest BCUT2D eigenvalue weighted by molar-refractivity contribution is -0.386. The molecule has 0 saturated carbocycles. The summed E-state index contributed by atoms with van der Waals surface area (Å²) in [6, 6.07) is 0. The normalized spacial score (nSPS) is 16.8. The summed E-state index contributed by atoms with van der Waals surface area (Å²) in [5.41, 5.74) is 2.34. The van der Waals surface area contributed by atoms with Gasteiger partial charge in [-0.05, 0) is 13.8 Å². The highest BCUT2D eigenvalue weighted by atomic mass is 16.6. The smallest absolute Gasteiger partial charge is 0.278 e. The van der Waals surface area contributed by atoms with Crippen LogP contribution < -0.4 is 5.32 Å². The molecular formula is C12H18N4O2. The van der Waals surface area contributed by atoms with Crippen molar-refractivity contribution in [1.29, 1.82) is 0 Å². The number of hydrogen-bond donors (Lipinski definition) is 1. The summed E-state index contributed by atoms with van der Waals surface area (Å²) < 4.78 is 0. The molecule has 98 valence electrons. The van der Waals surface area contributed by atoms with Gasteiger partial charge in [0.1, 0.15) is 0 Å². The van der Waals surface area contributed by atoms with Crippen molar-refractivity contribution in [3.05, 3.63) is 33.1 Å². The van der Waals surface area contributed by atoms with Crippen LogP contribution in [0.3, 0.4) is 0 Å². The first-order chi connectivity index (χ1) is 8.59. The molecule has 1 aromatic rings. The van der Waals surface area contributed by atoms with Crippen molar-refractivity contribution in [3.63, 3.8) is 0 Å². The van der Waals surface area contributed by atoms with Gasteiger partial charge in [-0.25, -0.2) is 0 Å². The van der Waals surface area contributed by atoms with Crippen molar-refractivity contribution < 1.29 is 4.92 Å². The lowest BCUT2D eigenvalue weighted by Gasteiger charge is -2.27. The number of aryl methyl sites for hydroxylation is 1. The molecule has 0 aliphatic carbocycles. The van der Waals surface area contributed by atoms with Gasteiger partial charge in [-0.2, -0.15) is 0 Å². The number of piperazine rings is 1. The largest absolute Gasteiger partial charge is 0.314 e. The first-order valence-corrected chi connectivity index (χ1v) is 6.12. The number of pyridine rings is 1. The molecular weight excluding hydrogens is 232 g/mol. The number of nitro groups is 1. The highest BCUT2D eigenvalue weighted by molar-refractivity contribution is 5.47. The summed E-state index contributed by atoms with van der Waals surface area (Å²) in [5.74, 6) is 0. The van der Waals surface area contributed by atoms with E-state index in [0.29, 0.717) is 17.7 Å². The van der Waals surface area contributed by atoms with E-state index in [1.165, 1.54) is 0 Å². The Morgan fingerprint density at radius 3 is 2.72 bits per heavy atom. The Labute approximate surface area is 106 Å². The predicted octanol–water partition coefficient (Wildman–Crippen LogP) is 1.01. The zero-order chi connectivity index (χ0) is 13.1. The van der Waals surface area contributed by atoms with Crippen molar-refractivity contribution in [1.82, 2.24) is 15.2 Å².